The number of anilines is 1. The van der Waals surface area contributed by atoms with E-state index in [9.17, 15) is 0 Å². The Balaban J connectivity index is 1.84. The van der Waals surface area contributed by atoms with Gasteiger partial charge in [0.25, 0.3) is 0 Å². The van der Waals surface area contributed by atoms with Crippen LogP contribution in [0.3, 0.4) is 0 Å². The smallest absolute Gasteiger partial charge is 0.137 e. The number of benzene rings is 1. The lowest BCUT2D eigenvalue weighted by Crippen LogP contribution is -2.42. The summed E-state index contributed by atoms with van der Waals surface area (Å²) in [5, 5.41) is 4.69. The number of nitrogens with one attached hydrogen (secondary N) is 1. The Hall–Kier alpha value is -1.20. The molecule has 1 aromatic carbocycles. The van der Waals surface area contributed by atoms with E-state index in [2.05, 4.69) is 56.2 Å². The van der Waals surface area contributed by atoms with Crippen molar-refractivity contribution in [1.29, 1.82) is 0 Å². The van der Waals surface area contributed by atoms with Crippen LogP contribution in [0.4, 0.5) is 5.82 Å². The van der Waals surface area contributed by atoms with Crippen LogP contribution in [0.5, 0.6) is 0 Å². The molecule has 0 spiro atoms. The highest BCUT2D eigenvalue weighted by atomic mass is 79.9. The molecule has 0 aliphatic carbocycles. The quantitative estimate of drug-likeness (QED) is 0.914. The lowest BCUT2D eigenvalue weighted by molar-refractivity contribution is 0.190. The van der Waals surface area contributed by atoms with Gasteiger partial charge in [-0.1, -0.05) is 15.9 Å². The van der Waals surface area contributed by atoms with E-state index in [0.29, 0.717) is 12.1 Å². The molecule has 0 amide bonds. The molecule has 2 unspecified atom stereocenters. The normalized spacial score (nSPS) is 23.9. The molecule has 1 aromatic heterocycles. The summed E-state index contributed by atoms with van der Waals surface area (Å²) in [6.07, 6.45) is 3.94. The van der Waals surface area contributed by atoms with Crippen LogP contribution in [0.1, 0.15) is 19.8 Å². The maximum Gasteiger partial charge on any atom is 0.137 e. The van der Waals surface area contributed by atoms with Crippen LogP contribution in [-0.2, 0) is 0 Å². The molecule has 5 heteroatoms. The Morgan fingerprint density at radius 1 is 1.35 bits per heavy atom. The van der Waals surface area contributed by atoms with Crippen LogP contribution in [-0.4, -0.2) is 40.5 Å². The van der Waals surface area contributed by atoms with Gasteiger partial charge in [-0.2, -0.15) is 0 Å². The highest BCUT2D eigenvalue weighted by Crippen LogP contribution is 2.25. The van der Waals surface area contributed by atoms with Gasteiger partial charge in [0.15, 0.2) is 0 Å². The summed E-state index contributed by atoms with van der Waals surface area (Å²) in [5.41, 5.74) is 0.970. The Kier molecular flexibility index (Phi) is 3.89. The van der Waals surface area contributed by atoms with Crippen LogP contribution in [0.25, 0.3) is 10.9 Å². The van der Waals surface area contributed by atoms with Gasteiger partial charge in [0.05, 0.1) is 5.52 Å². The van der Waals surface area contributed by atoms with Gasteiger partial charge in [0.2, 0.25) is 0 Å². The molecule has 1 aliphatic rings. The molecule has 0 saturated carbocycles. The van der Waals surface area contributed by atoms with E-state index in [1.54, 1.807) is 6.33 Å². The van der Waals surface area contributed by atoms with Crippen LogP contribution in [0, 0.1) is 0 Å². The number of fused-ring (bicyclic) bond motifs is 1. The fraction of sp³-hybridized carbons (Fsp3) is 0.467. The first-order chi connectivity index (χ1) is 9.63. The highest BCUT2D eigenvalue weighted by molar-refractivity contribution is 9.10. The number of aromatic nitrogens is 2. The third-order valence-corrected chi connectivity index (χ3v) is 4.64. The maximum atomic E-state index is 4.42. The van der Waals surface area contributed by atoms with Gasteiger partial charge in [-0.15, -0.1) is 0 Å². The zero-order chi connectivity index (χ0) is 14.1. The monoisotopic (exact) mass is 334 g/mol. The number of nitrogens with zero attached hydrogens (tertiary/aromatic N) is 3. The van der Waals surface area contributed by atoms with Crippen molar-refractivity contribution in [2.24, 2.45) is 0 Å². The first-order valence-corrected chi connectivity index (χ1v) is 7.80. The van der Waals surface area contributed by atoms with Crippen LogP contribution < -0.4 is 5.32 Å². The number of rotatable bonds is 2. The van der Waals surface area contributed by atoms with Crippen LogP contribution in [0.2, 0.25) is 0 Å². The largest absolute Gasteiger partial charge is 0.367 e. The fourth-order valence-electron chi connectivity index (χ4n) is 2.76. The van der Waals surface area contributed by atoms with Crippen molar-refractivity contribution in [1.82, 2.24) is 14.9 Å². The first-order valence-electron chi connectivity index (χ1n) is 7.00. The van der Waals surface area contributed by atoms with Gasteiger partial charge >= 0.3 is 0 Å². The summed E-state index contributed by atoms with van der Waals surface area (Å²) >= 11 is 3.48. The molecule has 0 radical (unpaired) electrons. The number of halogens is 1. The van der Waals surface area contributed by atoms with Crippen molar-refractivity contribution in [2.45, 2.75) is 31.8 Å². The molecule has 2 atom stereocenters. The molecule has 4 nitrogen and oxygen atoms in total. The van der Waals surface area contributed by atoms with Crippen molar-refractivity contribution in [3.8, 4) is 0 Å². The number of hydrogen-bond donors (Lipinski definition) is 1. The van der Waals surface area contributed by atoms with E-state index in [1.807, 2.05) is 12.1 Å². The van der Waals surface area contributed by atoms with Gasteiger partial charge in [0, 0.05) is 28.5 Å². The highest BCUT2D eigenvalue weighted by Gasteiger charge is 2.23. The van der Waals surface area contributed by atoms with Crippen molar-refractivity contribution in [3.63, 3.8) is 0 Å². The molecule has 1 fully saturated rings. The molecule has 20 heavy (non-hydrogen) atoms. The number of likely N-dealkylation sites (tertiary alicyclic amines) is 1. The molecule has 1 saturated heterocycles. The van der Waals surface area contributed by atoms with E-state index in [1.165, 1.54) is 0 Å². The van der Waals surface area contributed by atoms with Crippen molar-refractivity contribution < 1.29 is 0 Å². The van der Waals surface area contributed by atoms with Gasteiger partial charge in [-0.25, -0.2) is 9.97 Å². The van der Waals surface area contributed by atoms with Crippen molar-refractivity contribution in [3.05, 3.63) is 29.0 Å². The molecule has 106 valence electrons. The second-order valence-corrected chi connectivity index (χ2v) is 6.49. The molecule has 1 aliphatic heterocycles. The summed E-state index contributed by atoms with van der Waals surface area (Å²) in [5.74, 6) is 0.948. The second kappa shape index (κ2) is 5.66. The maximum absolute atomic E-state index is 4.42. The number of piperidine rings is 1. The topological polar surface area (TPSA) is 41.1 Å². The molecular formula is C15H19BrN4. The molecule has 2 heterocycles. The molecule has 1 N–H and O–H groups in total. The van der Waals surface area contributed by atoms with Gasteiger partial charge < -0.3 is 10.2 Å². The Morgan fingerprint density at radius 2 is 2.20 bits per heavy atom. The average molecular weight is 335 g/mol. The molecule has 3 rings (SSSR count). The molecule has 2 aromatic rings. The van der Waals surface area contributed by atoms with Crippen molar-refractivity contribution >= 4 is 32.7 Å². The van der Waals surface area contributed by atoms with Crippen LogP contribution in [0.15, 0.2) is 29.0 Å². The minimum Gasteiger partial charge on any atom is -0.367 e. The first kappa shape index (κ1) is 13.8. The number of hydrogen-bond acceptors (Lipinski definition) is 4. The minimum atomic E-state index is 0.489. The second-order valence-electron chi connectivity index (χ2n) is 5.58. The standard InChI is InChI=1S/C15H19BrN4/c1-10-7-12(5-6-20(10)2)19-15-13-4-3-11(16)8-14(13)17-9-18-15/h3-4,8-10,12H,5-7H2,1-2H3,(H,17,18,19). The SMILES string of the molecule is CC1CC(Nc2ncnc3cc(Br)ccc23)CCN1C. The predicted octanol–water partition coefficient (Wildman–Crippen LogP) is 3.29. The van der Waals surface area contributed by atoms with Gasteiger partial charge in [-0.3, -0.25) is 0 Å². The van der Waals surface area contributed by atoms with E-state index >= 15 is 0 Å². The molecular weight excluding hydrogens is 316 g/mol. The lowest BCUT2D eigenvalue weighted by atomic mass is 9.99. The third-order valence-electron chi connectivity index (χ3n) is 4.15. The molecule has 0 bridgehead atoms. The Labute approximate surface area is 127 Å². The summed E-state index contributed by atoms with van der Waals surface area (Å²) < 4.78 is 1.04. The Bertz CT molecular complexity index is 616. The third kappa shape index (κ3) is 2.79. The van der Waals surface area contributed by atoms with Crippen LogP contribution >= 0.6 is 15.9 Å². The summed E-state index contributed by atoms with van der Waals surface area (Å²) in [4.78, 5) is 11.2. The minimum absolute atomic E-state index is 0.489. The zero-order valence-electron chi connectivity index (χ0n) is 11.8. The average Bonchev–Trinajstić information content (AvgIpc) is 2.43. The van der Waals surface area contributed by atoms with Crippen molar-refractivity contribution in [2.75, 3.05) is 18.9 Å². The summed E-state index contributed by atoms with van der Waals surface area (Å²) in [7, 11) is 2.19. The Morgan fingerprint density at radius 3 is 3.00 bits per heavy atom. The lowest BCUT2D eigenvalue weighted by Gasteiger charge is -2.35. The van der Waals surface area contributed by atoms with Gasteiger partial charge in [-0.05, 0) is 45.0 Å². The fourth-order valence-corrected chi connectivity index (χ4v) is 3.11. The summed E-state index contributed by atoms with van der Waals surface area (Å²) in [6.45, 7) is 3.41. The van der Waals surface area contributed by atoms with E-state index in [-0.39, 0.29) is 0 Å². The van der Waals surface area contributed by atoms with E-state index < -0.39 is 0 Å². The van der Waals surface area contributed by atoms with E-state index in [4.69, 9.17) is 0 Å². The van der Waals surface area contributed by atoms with Gasteiger partial charge in [0.1, 0.15) is 12.1 Å². The predicted molar refractivity (Wildman–Crippen MR) is 86.0 cm³/mol. The van der Waals surface area contributed by atoms with E-state index in [0.717, 1.165) is 40.6 Å². The summed E-state index contributed by atoms with van der Waals surface area (Å²) in [6, 6.07) is 7.24. The zero-order valence-corrected chi connectivity index (χ0v) is 13.4.